The molecule has 0 amide bonds. The van der Waals surface area contributed by atoms with Gasteiger partial charge in [-0.1, -0.05) is 65.5 Å². The van der Waals surface area contributed by atoms with Crippen LogP contribution in [-0.2, 0) is 0 Å². The molecule has 1 unspecified atom stereocenters. The van der Waals surface area contributed by atoms with Gasteiger partial charge in [-0.15, -0.1) is 0 Å². The highest BCUT2D eigenvalue weighted by Gasteiger charge is 2.64. The Hall–Kier alpha value is 0.460. The fraction of sp³-hybridized carbons (Fsp3) is 0.455. The first-order valence-electron chi connectivity index (χ1n) is 4.69. The third-order valence-corrected chi connectivity index (χ3v) is 6.85. The van der Waals surface area contributed by atoms with Crippen LogP contribution in [0.4, 0.5) is 0 Å². The quantitative estimate of drug-likeness (QED) is 0.686. The van der Waals surface area contributed by atoms with Crippen LogP contribution in [0.5, 0.6) is 5.75 Å². The monoisotopic (exact) mass is 396 g/mol. The molecule has 2 rings (SSSR count). The van der Waals surface area contributed by atoms with E-state index in [1.54, 1.807) is 0 Å². The van der Waals surface area contributed by atoms with Crippen LogP contribution in [0.1, 0.15) is 12.0 Å². The van der Waals surface area contributed by atoms with Gasteiger partial charge in [0.1, 0.15) is 15.6 Å². The van der Waals surface area contributed by atoms with E-state index >= 15 is 0 Å². The van der Waals surface area contributed by atoms with Gasteiger partial charge in [-0.2, -0.15) is 0 Å². The van der Waals surface area contributed by atoms with Crippen LogP contribution in [0.25, 0.3) is 0 Å². The summed E-state index contributed by atoms with van der Waals surface area (Å²) in [5, 5.41) is 0. The summed E-state index contributed by atoms with van der Waals surface area (Å²) in [7, 11) is 0. The van der Waals surface area contributed by atoms with Crippen molar-refractivity contribution in [1.82, 2.24) is 0 Å². The molecule has 0 bridgehead atoms. The van der Waals surface area contributed by atoms with Crippen molar-refractivity contribution in [2.24, 2.45) is 0 Å². The summed E-state index contributed by atoms with van der Waals surface area (Å²) in [5.74, 6) is 0.919. The molecule has 1 fully saturated rings. The molecule has 0 aliphatic heterocycles. The molecule has 0 radical (unpaired) electrons. The highest BCUT2D eigenvalue weighted by Crippen LogP contribution is 2.64. The predicted molar refractivity (Wildman–Crippen MR) is 73.5 cm³/mol. The van der Waals surface area contributed by atoms with E-state index in [0.29, 0.717) is 6.61 Å². The van der Waals surface area contributed by atoms with Gasteiger partial charge in [-0.05, 0) is 25.5 Å². The second-order valence-electron chi connectivity index (χ2n) is 3.95. The number of benzene rings is 1. The highest BCUT2D eigenvalue weighted by atomic mass is 79.9. The van der Waals surface area contributed by atoms with Crippen LogP contribution in [0.2, 0.25) is 0 Å². The standard InChI is InChI=1S/C11H11Br3O/c1-8-2-4-9(5-3-8)15-7-10(12)6-11(10,13)14/h2-5H,6-7H2,1H3. The SMILES string of the molecule is Cc1ccc(OCC2(Br)CC2(Br)Br)cc1. The van der Waals surface area contributed by atoms with E-state index in [9.17, 15) is 0 Å². The zero-order valence-electron chi connectivity index (χ0n) is 8.27. The molecule has 0 aromatic heterocycles. The van der Waals surface area contributed by atoms with E-state index in [0.717, 1.165) is 12.2 Å². The van der Waals surface area contributed by atoms with Crippen molar-refractivity contribution < 1.29 is 4.74 Å². The van der Waals surface area contributed by atoms with Gasteiger partial charge in [0.2, 0.25) is 0 Å². The van der Waals surface area contributed by atoms with Crippen LogP contribution >= 0.6 is 47.8 Å². The van der Waals surface area contributed by atoms with Gasteiger partial charge >= 0.3 is 0 Å². The second-order valence-corrected chi connectivity index (χ2v) is 9.24. The van der Waals surface area contributed by atoms with Crippen molar-refractivity contribution in [3.05, 3.63) is 29.8 Å². The molecule has 82 valence electrons. The summed E-state index contributed by atoms with van der Waals surface area (Å²) >= 11 is 10.8. The molecule has 1 atom stereocenters. The van der Waals surface area contributed by atoms with Gasteiger partial charge in [-0.25, -0.2) is 0 Å². The largest absolute Gasteiger partial charge is 0.492 e. The van der Waals surface area contributed by atoms with Crippen molar-refractivity contribution in [1.29, 1.82) is 0 Å². The Morgan fingerprint density at radius 1 is 1.20 bits per heavy atom. The Bertz CT molecular complexity index is 361. The summed E-state index contributed by atoms with van der Waals surface area (Å²) in [6.07, 6.45) is 1.02. The number of hydrogen-bond acceptors (Lipinski definition) is 1. The van der Waals surface area contributed by atoms with Gasteiger partial charge in [0.05, 0.1) is 4.32 Å². The van der Waals surface area contributed by atoms with Crippen LogP contribution in [-0.4, -0.2) is 14.2 Å². The Balaban J connectivity index is 1.92. The zero-order chi connectivity index (χ0) is 11.1. The van der Waals surface area contributed by atoms with Crippen LogP contribution < -0.4 is 4.74 Å². The molecule has 1 aromatic rings. The third kappa shape index (κ3) is 2.59. The fourth-order valence-electron chi connectivity index (χ4n) is 1.30. The lowest BCUT2D eigenvalue weighted by Crippen LogP contribution is -2.18. The normalized spacial score (nSPS) is 27.5. The summed E-state index contributed by atoms with van der Waals surface area (Å²) in [6, 6.07) is 8.10. The van der Waals surface area contributed by atoms with Crippen molar-refractivity contribution in [3.8, 4) is 5.75 Å². The van der Waals surface area contributed by atoms with Gasteiger partial charge in [0.15, 0.2) is 0 Å². The van der Waals surface area contributed by atoms with E-state index < -0.39 is 0 Å². The zero-order valence-corrected chi connectivity index (χ0v) is 13.0. The fourth-order valence-corrected chi connectivity index (χ4v) is 3.77. The van der Waals surface area contributed by atoms with Crippen LogP contribution in [0.3, 0.4) is 0 Å². The predicted octanol–water partition coefficient (Wildman–Crippen LogP) is 4.40. The Morgan fingerprint density at radius 2 is 1.73 bits per heavy atom. The van der Waals surface area contributed by atoms with E-state index in [4.69, 9.17) is 4.74 Å². The smallest absolute Gasteiger partial charge is 0.119 e. The van der Waals surface area contributed by atoms with Gasteiger partial charge in [0.25, 0.3) is 0 Å². The number of halogens is 3. The molecule has 15 heavy (non-hydrogen) atoms. The number of aryl methyl sites for hydroxylation is 1. The molecular weight excluding hydrogens is 388 g/mol. The minimum absolute atomic E-state index is 0.00228. The van der Waals surface area contributed by atoms with E-state index in [2.05, 4.69) is 66.8 Å². The number of rotatable bonds is 3. The molecule has 0 heterocycles. The van der Waals surface area contributed by atoms with E-state index in [-0.39, 0.29) is 7.56 Å². The number of hydrogen-bond donors (Lipinski definition) is 0. The molecule has 1 nitrogen and oxygen atoms in total. The van der Waals surface area contributed by atoms with Crippen LogP contribution in [0.15, 0.2) is 24.3 Å². The van der Waals surface area contributed by atoms with Crippen molar-refractivity contribution >= 4 is 47.8 Å². The molecule has 4 heteroatoms. The lowest BCUT2D eigenvalue weighted by molar-refractivity contribution is 0.313. The first kappa shape index (κ1) is 11.9. The molecular formula is C11H11Br3O. The molecule has 0 saturated heterocycles. The molecule has 0 spiro atoms. The average molecular weight is 399 g/mol. The van der Waals surface area contributed by atoms with E-state index in [1.165, 1.54) is 5.56 Å². The van der Waals surface area contributed by atoms with Crippen molar-refractivity contribution in [3.63, 3.8) is 0 Å². The Labute approximate surface area is 115 Å². The Morgan fingerprint density at radius 3 is 2.20 bits per heavy atom. The maximum Gasteiger partial charge on any atom is 0.119 e. The summed E-state index contributed by atoms with van der Waals surface area (Å²) < 4.78 is 5.73. The molecule has 1 aliphatic rings. The molecule has 1 aromatic carbocycles. The Kier molecular flexibility index (Phi) is 3.21. The topological polar surface area (TPSA) is 9.23 Å². The second kappa shape index (κ2) is 4.04. The lowest BCUT2D eigenvalue weighted by Gasteiger charge is -2.12. The first-order chi connectivity index (χ1) is 6.93. The third-order valence-electron chi connectivity index (χ3n) is 2.52. The number of ether oxygens (including phenoxy) is 1. The highest BCUT2D eigenvalue weighted by molar-refractivity contribution is 9.26. The van der Waals surface area contributed by atoms with Gasteiger partial charge in [0, 0.05) is 0 Å². The average Bonchev–Trinajstić information content (AvgIpc) is 2.66. The summed E-state index contributed by atoms with van der Waals surface area (Å²) in [6.45, 7) is 2.73. The van der Waals surface area contributed by atoms with Crippen molar-refractivity contribution in [2.75, 3.05) is 6.61 Å². The lowest BCUT2D eigenvalue weighted by atomic mass is 10.2. The van der Waals surface area contributed by atoms with Gasteiger partial charge < -0.3 is 4.74 Å². The maximum absolute atomic E-state index is 5.72. The summed E-state index contributed by atoms with van der Waals surface area (Å²) in [4.78, 5) is 0. The maximum atomic E-state index is 5.72. The van der Waals surface area contributed by atoms with Crippen LogP contribution in [0, 0.1) is 6.92 Å². The minimum Gasteiger partial charge on any atom is -0.492 e. The van der Waals surface area contributed by atoms with E-state index in [1.807, 2.05) is 12.1 Å². The molecule has 0 N–H and O–H groups in total. The van der Waals surface area contributed by atoms with Gasteiger partial charge in [-0.3, -0.25) is 0 Å². The molecule has 1 aliphatic carbocycles. The first-order valence-corrected chi connectivity index (χ1v) is 7.07. The molecule has 1 saturated carbocycles. The summed E-state index contributed by atoms with van der Waals surface area (Å²) in [5.41, 5.74) is 1.25. The van der Waals surface area contributed by atoms with Crippen molar-refractivity contribution in [2.45, 2.75) is 20.9 Å². The number of alkyl halides is 3. The minimum atomic E-state index is -0.00228.